The molecule has 5 heteroatoms. The van der Waals surface area contributed by atoms with Crippen LogP contribution in [0, 0.1) is 0 Å². The molecule has 2 N–H and O–H groups in total. The van der Waals surface area contributed by atoms with E-state index < -0.39 is 0 Å². The summed E-state index contributed by atoms with van der Waals surface area (Å²) >= 11 is 0. The summed E-state index contributed by atoms with van der Waals surface area (Å²) in [4.78, 5) is 12.4. The number of furan rings is 1. The van der Waals surface area contributed by atoms with Crippen molar-refractivity contribution in [2.45, 2.75) is 51.5 Å². The average molecular weight is 287 g/mol. The molecule has 0 aromatic carbocycles. The molecule has 0 spiro atoms. The second kappa shape index (κ2) is 5.06. The predicted molar refractivity (Wildman–Crippen MR) is 79.1 cm³/mol. The predicted octanol–water partition coefficient (Wildman–Crippen LogP) is 3.11. The van der Waals surface area contributed by atoms with Crippen molar-refractivity contribution in [3.8, 4) is 0 Å². The summed E-state index contributed by atoms with van der Waals surface area (Å²) < 4.78 is 5.45. The molecule has 0 radical (unpaired) electrons. The van der Waals surface area contributed by atoms with Gasteiger partial charge in [0.1, 0.15) is 11.5 Å². The highest BCUT2D eigenvalue weighted by atomic mass is 16.3. The number of carbonyl (C=O) groups excluding carboxylic acids is 1. The Balaban J connectivity index is 1.75. The Labute approximate surface area is 124 Å². The molecule has 3 rings (SSSR count). The van der Waals surface area contributed by atoms with Crippen LogP contribution in [0.4, 0.5) is 0 Å². The van der Waals surface area contributed by atoms with E-state index in [1.807, 2.05) is 12.1 Å². The molecular weight excluding hydrogens is 266 g/mol. The minimum Gasteiger partial charge on any atom is -0.469 e. The summed E-state index contributed by atoms with van der Waals surface area (Å²) in [5, 5.41) is 10.1. The Morgan fingerprint density at radius 2 is 2.29 bits per heavy atom. The lowest BCUT2D eigenvalue weighted by atomic mass is 9.92. The molecule has 2 aromatic heterocycles. The first-order chi connectivity index (χ1) is 9.95. The topological polar surface area (TPSA) is 70.9 Å². The van der Waals surface area contributed by atoms with Crippen LogP contribution in [-0.4, -0.2) is 16.1 Å². The van der Waals surface area contributed by atoms with Gasteiger partial charge in [0.15, 0.2) is 0 Å². The standard InChI is InChI=1S/C16H21N3O2/c1-16(2,3)14-9-12(18-19-14)15(20)17-11-5-4-6-13-10(11)7-8-21-13/h7-9,11H,4-6H2,1-3H3,(H,17,20)(H,18,19)/t11-/m1/s1. The SMILES string of the molecule is CC(C)(C)c1cc(C(=O)N[C@@H]2CCCc3occc32)n[nH]1. The fourth-order valence-electron chi connectivity index (χ4n) is 2.69. The summed E-state index contributed by atoms with van der Waals surface area (Å²) in [5.41, 5.74) is 2.45. The van der Waals surface area contributed by atoms with E-state index in [1.54, 1.807) is 6.26 Å². The average Bonchev–Trinajstić information content (AvgIpc) is 3.07. The molecule has 0 aliphatic heterocycles. The zero-order valence-electron chi connectivity index (χ0n) is 12.7. The van der Waals surface area contributed by atoms with Gasteiger partial charge in [0, 0.05) is 23.1 Å². The monoisotopic (exact) mass is 287 g/mol. The number of amides is 1. The first kappa shape index (κ1) is 13.9. The number of H-pyrrole nitrogens is 1. The van der Waals surface area contributed by atoms with Crippen LogP contribution in [0.5, 0.6) is 0 Å². The third-order valence-corrected chi connectivity index (χ3v) is 3.98. The first-order valence-corrected chi connectivity index (χ1v) is 7.38. The fourth-order valence-corrected chi connectivity index (χ4v) is 2.69. The van der Waals surface area contributed by atoms with Crippen LogP contribution in [-0.2, 0) is 11.8 Å². The molecule has 1 aliphatic carbocycles. The van der Waals surface area contributed by atoms with Crippen molar-refractivity contribution < 1.29 is 9.21 Å². The molecule has 0 saturated carbocycles. The molecule has 0 bridgehead atoms. The summed E-state index contributed by atoms with van der Waals surface area (Å²) in [6.07, 6.45) is 4.61. The Hall–Kier alpha value is -2.04. The number of nitrogens with one attached hydrogen (secondary N) is 2. The Morgan fingerprint density at radius 3 is 3.00 bits per heavy atom. The molecule has 0 fully saturated rings. The molecule has 0 unspecified atom stereocenters. The lowest BCUT2D eigenvalue weighted by Crippen LogP contribution is -2.30. The number of aryl methyl sites for hydroxylation is 1. The van der Waals surface area contributed by atoms with Crippen molar-refractivity contribution in [2.24, 2.45) is 0 Å². The van der Waals surface area contributed by atoms with Crippen molar-refractivity contribution in [1.82, 2.24) is 15.5 Å². The number of fused-ring (bicyclic) bond motifs is 1. The minimum atomic E-state index is -0.138. The highest BCUT2D eigenvalue weighted by Crippen LogP contribution is 2.30. The highest BCUT2D eigenvalue weighted by Gasteiger charge is 2.26. The zero-order chi connectivity index (χ0) is 15.0. The van der Waals surface area contributed by atoms with E-state index in [9.17, 15) is 4.79 Å². The van der Waals surface area contributed by atoms with Gasteiger partial charge >= 0.3 is 0 Å². The van der Waals surface area contributed by atoms with E-state index in [0.29, 0.717) is 5.69 Å². The van der Waals surface area contributed by atoms with Crippen molar-refractivity contribution in [2.75, 3.05) is 0 Å². The van der Waals surface area contributed by atoms with E-state index in [-0.39, 0.29) is 17.4 Å². The fraction of sp³-hybridized carbons (Fsp3) is 0.500. The van der Waals surface area contributed by atoms with Crippen LogP contribution in [0.1, 0.15) is 67.2 Å². The number of hydrogen-bond acceptors (Lipinski definition) is 3. The second-order valence-electron chi connectivity index (χ2n) is 6.63. The quantitative estimate of drug-likeness (QED) is 0.891. The third kappa shape index (κ3) is 2.73. The number of nitrogens with zero attached hydrogens (tertiary/aromatic N) is 1. The third-order valence-electron chi connectivity index (χ3n) is 3.98. The normalized spacial score (nSPS) is 18.3. The van der Waals surface area contributed by atoms with Crippen molar-refractivity contribution in [3.05, 3.63) is 41.1 Å². The molecule has 0 saturated heterocycles. The molecule has 1 atom stereocenters. The molecule has 5 nitrogen and oxygen atoms in total. The molecular formula is C16H21N3O2. The van der Waals surface area contributed by atoms with Crippen molar-refractivity contribution in [1.29, 1.82) is 0 Å². The Bertz CT molecular complexity index is 649. The summed E-state index contributed by atoms with van der Waals surface area (Å²) in [6, 6.07) is 3.80. The van der Waals surface area contributed by atoms with Crippen LogP contribution >= 0.6 is 0 Å². The van der Waals surface area contributed by atoms with Crippen LogP contribution in [0.15, 0.2) is 22.8 Å². The number of rotatable bonds is 2. The first-order valence-electron chi connectivity index (χ1n) is 7.38. The van der Waals surface area contributed by atoms with Gasteiger partial charge in [-0.2, -0.15) is 5.10 Å². The molecule has 2 heterocycles. The summed E-state index contributed by atoms with van der Waals surface area (Å²) in [7, 11) is 0. The van der Waals surface area contributed by atoms with Crippen molar-refractivity contribution in [3.63, 3.8) is 0 Å². The Kier molecular flexibility index (Phi) is 3.35. The Morgan fingerprint density at radius 1 is 1.48 bits per heavy atom. The molecule has 21 heavy (non-hydrogen) atoms. The van der Waals surface area contributed by atoms with Gasteiger partial charge in [0.05, 0.1) is 12.3 Å². The number of hydrogen-bond donors (Lipinski definition) is 2. The lowest BCUT2D eigenvalue weighted by molar-refractivity contribution is 0.0927. The summed E-state index contributed by atoms with van der Waals surface area (Å²) in [6.45, 7) is 6.25. The summed E-state index contributed by atoms with van der Waals surface area (Å²) in [5.74, 6) is 0.852. The molecule has 112 valence electrons. The van der Waals surface area contributed by atoms with Crippen LogP contribution in [0.2, 0.25) is 0 Å². The number of carbonyl (C=O) groups is 1. The number of aromatic nitrogens is 2. The highest BCUT2D eigenvalue weighted by molar-refractivity contribution is 5.92. The van der Waals surface area contributed by atoms with Gasteiger partial charge in [-0.25, -0.2) is 0 Å². The zero-order valence-corrected chi connectivity index (χ0v) is 12.7. The van der Waals surface area contributed by atoms with Gasteiger partial charge < -0.3 is 9.73 Å². The van der Waals surface area contributed by atoms with Crippen LogP contribution in [0.25, 0.3) is 0 Å². The lowest BCUT2D eigenvalue weighted by Gasteiger charge is -2.22. The van der Waals surface area contributed by atoms with Gasteiger partial charge in [-0.1, -0.05) is 20.8 Å². The maximum atomic E-state index is 12.4. The van der Waals surface area contributed by atoms with Gasteiger partial charge in [-0.3, -0.25) is 9.89 Å². The van der Waals surface area contributed by atoms with Crippen LogP contribution in [0.3, 0.4) is 0 Å². The largest absolute Gasteiger partial charge is 0.469 e. The van der Waals surface area contributed by atoms with Crippen molar-refractivity contribution >= 4 is 5.91 Å². The van der Waals surface area contributed by atoms with E-state index in [4.69, 9.17) is 4.42 Å². The maximum Gasteiger partial charge on any atom is 0.272 e. The molecule has 1 aliphatic rings. The second-order valence-corrected chi connectivity index (χ2v) is 6.63. The van der Waals surface area contributed by atoms with Gasteiger partial charge in [-0.15, -0.1) is 0 Å². The molecule has 2 aromatic rings. The van der Waals surface area contributed by atoms with E-state index in [0.717, 1.165) is 36.3 Å². The van der Waals surface area contributed by atoms with Crippen LogP contribution < -0.4 is 5.32 Å². The van der Waals surface area contributed by atoms with Gasteiger partial charge in [0.25, 0.3) is 5.91 Å². The molecule has 1 amide bonds. The van der Waals surface area contributed by atoms with Gasteiger partial charge in [0.2, 0.25) is 0 Å². The van der Waals surface area contributed by atoms with E-state index >= 15 is 0 Å². The maximum absolute atomic E-state index is 12.4. The smallest absolute Gasteiger partial charge is 0.272 e. The van der Waals surface area contributed by atoms with E-state index in [1.165, 1.54) is 0 Å². The van der Waals surface area contributed by atoms with E-state index in [2.05, 4.69) is 36.3 Å². The minimum absolute atomic E-state index is 0.0230. The van der Waals surface area contributed by atoms with Gasteiger partial charge in [-0.05, 0) is 25.0 Å². The number of aromatic amines is 1.